The highest BCUT2D eigenvalue weighted by atomic mass is 32.2. The van der Waals surface area contributed by atoms with Gasteiger partial charge in [0.25, 0.3) is 0 Å². The number of thioether (sulfide) groups is 1. The van der Waals surface area contributed by atoms with Crippen molar-refractivity contribution < 1.29 is 22.0 Å². The molecular weight excluding hydrogens is 470 g/mol. The molecule has 1 aliphatic carbocycles. The molecule has 3 aromatic rings. The third-order valence-corrected chi connectivity index (χ3v) is 7.95. The summed E-state index contributed by atoms with van der Waals surface area (Å²) in [6.07, 6.45) is -2.79. The molecular formula is C23H25F4N5OS. The lowest BCUT2D eigenvalue weighted by Crippen LogP contribution is -2.28. The highest BCUT2D eigenvalue weighted by Gasteiger charge is 2.61. The number of nitrogens with zero attached hydrogens (tertiary/aromatic N) is 5. The van der Waals surface area contributed by atoms with Crippen LogP contribution in [0, 0.1) is 25.6 Å². The zero-order chi connectivity index (χ0) is 24.3. The van der Waals surface area contributed by atoms with Crippen molar-refractivity contribution in [3.63, 3.8) is 0 Å². The first-order chi connectivity index (χ1) is 16.1. The molecule has 2 aliphatic rings. The van der Waals surface area contributed by atoms with Crippen molar-refractivity contribution in [3.8, 4) is 11.6 Å². The Kier molecular flexibility index (Phi) is 5.75. The van der Waals surface area contributed by atoms with Gasteiger partial charge in [0.2, 0.25) is 5.82 Å². The summed E-state index contributed by atoms with van der Waals surface area (Å²) >= 11 is 1.61. The Bertz CT molecular complexity index is 1220. The molecule has 2 fully saturated rings. The summed E-state index contributed by atoms with van der Waals surface area (Å²) in [5.41, 5.74) is -0.0790. The van der Waals surface area contributed by atoms with Gasteiger partial charge in [0.05, 0.1) is 11.3 Å². The number of hydrogen-bond donors (Lipinski definition) is 0. The Balaban J connectivity index is 1.15. The van der Waals surface area contributed by atoms with Crippen molar-refractivity contribution in [1.29, 1.82) is 0 Å². The van der Waals surface area contributed by atoms with Gasteiger partial charge in [-0.1, -0.05) is 17.8 Å². The van der Waals surface area contributed by atoms with E-state index >= 15 is 0 Å². The molecule has 6 nitrogen and oxygen atoms in total. The lowest BCUT2D eigenvalue weighted by molar-refractivity contribution is -0.137. The van der Waals surface area contributed by atoms with E-state index in [1.165, 1.54) is 6.07 Å². The number of aromatic nitrogens is 4. The van der Waals surface area contributed by atoms with Crippen LogP contribution in [0.3, 0.4) is 0 Å². The molecule has 0 spiro atoms. The van der Waals surface area contributed by atoms with Crippen molar-refractivity contribution in [2.75, 3.05) is 25.4 Å². The van der Waals surface area contributed by atoms with E-state index in [1.54, 1.807) is 18.7 Å². The third-order valence-electron chi connectivity index (χ3n) is 6.84. The van der Waals surface area contributed by atoms with Crippen LogP contribution >= 0.6 is 11.8 Å². The minimum absolute atomic E-state index is 0.307. The van der Waals surface area contributed by atoms with Crippen molar-refractivity contribution in [2.45, 2.75) is 43.4 Å². The van der Waals surface area contributed by atoms with E-state index in [9.17, 15) is 17.6 Å². The highest BCUT2D eigenvalue weighted by Crippen LogP contribution is 2.59. The average molecular weight is 496 g/mol. The van der Waals surface area contributed by atoms with E-state index in [-0.39, 0.29) is 5.41 Å². The Labute approximate surface area is 198 Å². The number of fused-ring (bicyclic) bond motifs is 1. The predicted octanol–water partition coefficient (Wildman–Crippen LogP) is 5.00. The lowest BCUT2D eigenvalue weighted by Gasteiger charge is -2.21. The fourth-order valence-electron chi connectivity index (χ4n) is 5.10. The molecule has 0 N–H and O–H groups in total. The van der Waals surface area contributed by atoms with Gasteiger partial charge in [0, 0.05) is 38.2 Å². The number of hydrogen-bond acceptors (Lipinski definition) is 6. The van der Waals surface area contributed by atoms with Crippen LogP contribution < -0.4 is 0 Å². The number of rotatable bonds is 7. The number of alkyl halides is 3. The fraction of sp³-hybridized carbons (Fsp3) is 0.522. The minimum Gasteiger partial charge on any atom is -0.437 e. The van der Waals surface area contributed by atoms with Gasteiger partial charge < -0.3 is 13.9 Å². The summed E-state index contributed by atoms with van der Waals surface area (Å²) in [6.45, 7) is 6.04. The van der Waals surface area contributed by atoms with Crippen LogP contribution in [0.2, 0.25) is 0 Å². The molecule has 0 amide bonds. The van der Waals surface area contributed by atoms with E-state index in [4.69, 9.17) is 4.42 Å². The summed E-state index contributed by atoms with van der Waals surface area (Å²) in [5.74, 6) is 2.24. The van der Waals surface area contributed by atoms with Crippen molar-refractivity contribution in [2.24, 2.45) is 13.0 Å². The van der Waals surface area contributed by atoms with Crippen LogP contribution in [-0.4, -0.2) is 50.0 Å². The van der Waals surface area contributed by atoms with E-state index in [1.807, 2.05) is 18.5 Å². The average Bonchev–Trinajstić information content (AvgIpc) is 3.00. The van der Waals surface area contributed by atoms with E-state index in [0.29, 0.717) is 41.6 Å². The smallest absolute Gasteiger partial charge is 0.416 e. The summed E-state index contributed by atoms with van der Waals surface area (Å²) in [5, 5.41) is 9.30. The molecule has 34 heavy (non-hydrogen) atoms. The SMILES string of the molecule is Cc1nc(C)c(-c2nnc(SCCCN3C[C@H]4CC4(c4ccc(C(F)(F)F)cc4F)C3)n2C)o1. The molecule has 182 valence electrons. The fourth-order valence-corrected chi connectivity index (χ4v) is 5.93. The molecule has 1 saturated carbocycles. The zero-order valence-corrected chi connectivity index (χ0v) is 19.9. The molecule has 3 heterocycles. The molecule has 1 unspecified atom stereocenters. The van der Waals surface area contributed by atoms with Gasteiger partial charge in [-0.2, -0.15) is 13.2 Å². The molecule has 11 heteroatoms. The Morgan fingerprint density at radius 1 is 1.24 bits per heavy atom. The standard InChI is InChI=1S/C23H25F4N5OS/c1-13-19(33-14(2)28-13)20-29-30-21(31(20)3)34-8-4-7-32-11-16-10-22(16,12-32)17-6-5-15(9-18(17)24)23(25,26)27/h5-6,9,16H,4,7-8,10-12H2,1-3H3/t16-,22?/m1/s1. The second kappa shape index (κ2) is 8.37. The lowest BCUT2D eigenvalue weighted by atomic mass is 9.93. The van der Waals surface area contributed by atoms with Gasteiger partial charge in [-0.25, -0.2) is 9.37 Å². The molecule has 1 aromatic carbocycles. The number of aryl methyl sites for hydroxylation is 2. The molecule has 1 saturated heterocycles. The number of benzene rings is 1. The summed E-state index contributed by atoms with van der Waals surface area (Å²) in [7, 11) is 1.89. The maximum atomic E-state index is 14.6. The topological polar surface area (TPSA) is 60.0 Å². The van der Waals surface area contributed by atoms with E-state index < -0.39 is 17.6 Å². The Morgan fingerprint density at radius 3 is 2.71 bits per heavy atom. The second-order valence-corrected chi connectivity index (χ2v) is 10.3. The van der Waals surface area contributed by atoms with Gasteiger partial charge in [-0.3, -0.25) is 0 Å². The summed E-state index contributed by atoms with van der Waals surface area (Å²) in [6, 6.07) is 2.97. The van der Waals surface area contributed by atoms with Gasteiger partial charge >= 0.3 is 6.18 Å². The van der Waals surface area contributed by atoms with E-state index in [2.05, 4.69) is 20.1 Å². The monoisotopic (exact) mass is 495 g/mol. The first-order valence-corrected chi connectivity index (χ1v) is 12.1. The molecule has 0 bridgehead atoms. The molecule has 5 rings (SSSR count). The number of likely N-dealkylation sites (tertiary alicyclic amines) is 1. The number of oxazole rings is 1. The van der Waals surface area contributed by atoms with Crippen molar-refractivity contribution >= 4 is 11.8 Å². The summed E-state index contributed by atoms with van der Waals surface area (Å²) in [4.78, 5) is 6.57. The zero-order valence-electron chi connectivity index (χ0n) is 19.1. The van der Waals surface area contributed by atoms with Crippen LogP contribution in [0.25, 0.3) is 11.6 Å². The van der Waals surface area contributed by atoms with Crippen LogP contribution in [0.4, 0.5) is 17.6 Å². The molecule has 1 aliphatic heterocycles. The van der Waals surface area contributed by atoms with Crippen molar-refractivity contribution in [1.82, 2.24) is 24.6 Å². The maximum Gasteiger partial charge on any atom is 0.416 e. The van der Waals surface area contributed by atoms with Crippen LogP contribution in [0.5, 0.6) is 0 Å². The Hall–Kier alpha value is -2.40. The molecule has 2 aromatic heterocycles. The first kappa shape index (κ1) is 23.3. The third kappa shape index (κ3) is 4.13. The number of halogens is 4. The highest BCUT2D eigenvalue weighted by molar-refractivity contribution is 7.99. The van der Waals surface area contributed by atoms with Gasteiger partial charge in [-0.15, -0.1) is 10.2 Å². The first-order valence-electron chi connectivity index (χ1n) is 11.1. The Morgan fingerprint density at radius 2 is 2.03 bits per heavy atom. The number of piperidine rings is 1. The maximum absolute atomic E-state index is 14.6. The van der Waals surface area contributed by atoms with Crippen molar-refractivity contribution in [3.05, 3.63) is 46.7 Å². The quantitative estimate of drug-likeness (QED) is 0.261. The second-order valence-electron chi connectivity index (χ2n) is 9.20. The van der Waals surface area contributed by atoms with Gasteiger partial charge in [-0.05, 0) is 49.9 Å². The normalized spacial score (nSPS) is 22.4. The van der Waals surface area contributed by atoms with Crippen LogP contribution in [-0.2, 0) is 18.6 Å². The molecule has 2 atom stereocenters. The van der Waals surface area contributed by atoms with Crippen LogP contribution in [0.15, 0.2) is 27.8 Å². The summed E-state index contributed by atoms with van der Waals surface area (Å²) < 4.78 is 60.7. The molecule has 0 radical (unpaired) electrons. The minimum atomic E-state index is -4.53. The van der Waals surface area contributed by atoms with Gasteiger partial charge in [0.1, 0.15) is 5.82 Å². The van der Waals surface area contributed by atoms with Crippen LogP contribution in [0.1, 0.15) is 35.6 Å². The predicted molar refractivity (Wildman–Crippen MR) is 119 cm³/mol. The van der Waals surface area contributed by atoms with Gasteiger partial charge in [0.15, 0.2) is 16.8 Å². The largest absolute Gasteiger partial charge is 0.437 e. The van der Waals surface area contributed by atoms with E-state index in [0.717, 1.165) is 48.6 Å².